The van der Waals surface area contributed by atoms with Gasteiger partial charge in [0.25, 0.3) is 0 Å². The van der Waals surface area contributed by atoms with E-state index in [-0.39, 0.29) is 55.4 Å². The predicted octanol–water partition coefficient (Wildman–Crippen LogP) is 7.96. The molecular formula is C39H43BrO11W. The van der Waals surface area contributed by atoms with Gasteiger partial charge in [-0.2, -0.15) is 0 Å². The van der Waals surface area contributed by atoms with Gasteiger partial charge in [0.2, 0.25) is 0 Å². The first-order valence-corrected chi connectivity index (χ1v) is 16.9. The number of aliphatic hydroxyl groups excluding tert-OH is 1. The Kier molecular flexibility index (Phi) is 15.0. The fourth-order valence-corrected chi connectivity index (χ4v) is 6.54. The summed E-state index contributed by atoms with van der Waals surface area (Å²) in [6, 6.07) is 3.00. The topological polar surface area (TPSA) is 177 Å². The fraction of sp³-hybridized carbons (Fsp3) is 0.333. The van der Waals surface area contributed by atoms with Gasteiger partial charge in [-0.3, -0.25) is 9.59 Å². The first-order valence-electron chi connectivity index (χ1n) is 16.1. The van der Waals surface area contributed by atoms with Gasteiger partial charge in [0, 0.05) is 33.2 Å². The number of aliphatic hydroxyl groups is 1. The Morgan fingerprint density at radius 3 is 1.83 bits per heavy atom. The Morgan fingerprint density at radius 1 is 0.750 bits per heavy atom. The fourth-order valence-electron chi connectivity index (χ4n) is 5.95. The van der Waals surface area contributed by atoms with Gasteiger partial charge >= 0.3 is 17.9 Å². The Balaban J connectivity index is 0.000000360. The molecule has 0 saturated heterocycles. The number of ether oxygens (including phenoxy) is 3. The number of aromatic hydroxyl groups is 2. The number of hydrogen-bond acceptors (Lipinski definition) is 10. The number of phenols is 2. The largest absolute Gasteiger partial charge is 0.508 e. The summed E-state index contributed by atoms with van der Waals surface area (Å²) in [6.45, 7) is 15.9. The third kappa shape index (κ3) is 8.96. The number of ketones is 1. The number of halogens is 1. The average molecular weight is 952 g/mol. The van der Waals surface area contributed by atoms with E-state index in [9.17, 15) is 39.6 Å². The van der Waals surface area contributed by atoms with Gasteiger partial charge in [-0.1, -0.05) is 13.3 Å². The maximum absolute atomic E-state index is 13.0. The number of aromatic carboxylic acids is 1. The minimum atomic E-state index is -1.28. The molecule has 0 aliphatic heterocycles. The van der Waals surface area contributed by atoms with Crippen LogP contribution in [-0.2, 0) is 41.8 Å². The zero-order chi connectivity index (χ0) is 38.6. The summed E-state index contributed by atoms with van der Waals surface area (Å²) >= 11 is 3.22. The normalized spacial score (nSPS) is 13.5. The molecule has 0 saturated carbocycles. The molecule has 0 fully saturated rings. The third-order valence-corrected chi connectivity index (χ3v) is 9.73. The van der Waals surface area contributed by atoms with Crippen LogP contribution in [0.15, 0.2) is 40.3 Å². The maximum atomic E-state index is 13.0. The van der Waals surface area contributed by atoms with Crippen molar-refractivity contribution < 1.29 is 74.9 Å². The van der Waals surface area contributed by atoms with E-state index in [1.807, 2.05) is 13.8 Å². The van der Waals surface area contributed by atoms with E-state index in [0.29, 0.717) is 61.2 Å². The Morgan fingerprint density at radius 2 is 1.31 bits per heavy atom. The van der Waals surface area contributed by atoms with E-state index < -0.39 is 29.6 Å². The van der Waals surface area contributed by atoms with Crippen molar-refractivity contribution in [3.63, 3.8) is 0 Å². The van der Waals surface area contributed by atoms with Crippen molar-refractivity contribution >= 4 is 39.6 Å². The second-order valence-electron chi connectivity index (χ2n) is 12.4. The molecule has 4 N–H and O–H groups in total. The van der Waals surface area contributed by atoms with Gasteiger partial charge in [-0.15, -0.1) is 0 Å². The first-order chi connectivity index (χ1) is 23.8. The van der Waals surface area contributed by atoms with Crippen LogP contribution in [0.3, 0.4) is 0 Å². The Bertz CT molecular complexity index is 1980. The second kappa shape index (κ2) is 17.9. The molecule has 0 spiro atoms. The van der Waals surface area contributed by atoms with E-state index in [4.69, 9.17) is 14.2 Å². The smallest absolute Gasteiger partial charge is 0.344 e. The van der Waals surface area contributed by atoms with Crippen LogP contribution in [0, 0.1) is 61.3 Å². The molecule has 0 radical (unpaired) electrons. The number of carbonyl (C=O) groups is 4. The van der Waals surface area contributed by atoms with E-state index >= 15 is 0 Å². The van der Waals surface area contributed by atoms with Crippen LogP contribution < -0.4 is 9.47 Å². The summed E-state index contributed by atoms with van der Waals surface area (Å²) in [5.41, 5.74) is 6.38. The number of carboxylic acid groups (broad SMARTS) is 1. The van der Waals surface area contributed by atoms with Crippen LogP contribution in [0.5, 0.6) is 23.0 Å². The summed E-state index contributed by atoms with van der Waals surface area (Å²) in [5.74, 6) is -3.65. The standard InChI is InChI=1S/C23H28O5.C16H15BrO6.W/c1-8-9-17-16(7)19(11(2)10-18(17)24)23(27)28-21-14(5)12(3)20(22(25)26)13(4)15(21)6;1-7-8(2)15(10(17)6-11(7)19)23-16(21)14-12(20)4-9(18)5-13(14)22-3;/h10,24H,8-9H2,1-7H3,(H,25,26);4-6,14,18-19H,1-3H3;. The van der Waals surface area contributed by atoms with Crippen LogP contribution in [0.4, 0.5) is 0 Å². The summed E-state index contributed by atoms with van der Waals surface area (Å²) < 4.78 is 16.5. The molecule has 1 aliphatic carbocycles. The van der Waals surface area contributed by atoms with E-state index in [2.05, 4.69) is 15.9 Å². The maximum Gasteiger partial charge on any atom is 0.344 e. The van der Waals surface area contributed by atoms with E-state index in [0.717, 1.165) is 23.6 Å². The molecule has 3 aromatic rings. The SMILES string of the molecule is CCCc1c(O)cc(C)c(C(=O)Oc2c(C)c(C)c(C(=O)O)c(C)c2C)c1C.COC1=CC(O)=CC(=O)C1C(=O)Oc1c(Br)cc(O)c(C)c1C.[W]. The molecule has 0 bridgehead atoms. The molecule has 52 heavy (non-hydrogen) atoms. The first kappa shape index (κ1) is 43.8. The molecule has 11 nitrogen and oxygen atoms in total. The van der Waals surface area contributed by atoms with Crippen molar-refractivity contribution in [3.05, 3.63) is 101 Å². The van der Waals surface area contributed by atoms with Crippen LogP contribution in [0.2, 0.25) is 0 Å². The van der Waals surface area contributed by atoms with Crippen molar-refractivity contribution in [1.82, 2.24) is 0 Å². The molecule has 278 valence electrons. The molecule has 1 atom stereocenters. The van der Waals surface area contributed by atoms with Gasteiger partial charge in [-0.05, 0) is 140 Å². The van der Waals surface area contributed by atoms with E-state index in [1.54, 1.807) is 54.5 Å². The summed E-state index contributed by atoms with van der Waals surface area (Å²) in [6.07, 6.45) is 3.65. The minimum Gasteiger partial charge on any atom is -0.508 e. The summed E-state index contributed by atoms with van der Waals surface area (Å²) in [5, 5.41) is 38.9. The molecule has 0 heterocycles. The van der Waals surface area contributed by atoms with Gasteiger partial charge in [-0.25, -0.2) is 9.59 Å². The van der Waals surface area contributed by atoms with E-state index in [1.165, 1.54) is 19.3 Å². The number of methoxy groups -OCH3 is 1. The predicted molar refractivity (Wildman–Crippen MR) is 194 cm³/mol. The van der Waals surface area contributed by atoms with Crippen molar-refractivity contribution in [2.75, 3.05) is 7.11 Å². The third-order valence-electron chi connectivity index (χ3n) is 9.14. The molecular weight excluding hydrogens is 908 g/mol. The Hall–Kier alpha value is -4.41. The number of benzene rings is 3. The molecule has 1 unspecified atom stereocenters. The van der Waals surface area contributed by atoms with Crippen molar-refractivity contribution in [1.29, 1.82) is 0 Å². The average Bonchev–Trinajstić information content (AvgIpc) is 3.04. The van der Waals surface area contributed by atoms with Gasteiger partial charge < -0.3 is 34.6 Å². The molecule has 0 aromatic heterocycles. The number of rotatable bonds is 8. The minimum absolute atomic E-state index is 0. The molecule has 4 rings (SSSR count). The number of carbonyl (C=O) groups excluding carboxylic acids is 3. The summed E-state index contributed by atoms with van der Waals surface area (Å²) in [7, 11) is 1.30. The quantitative estimate of drug-likeness (QED) is 0.0979. The van der Waals surface area contributed by atoms with Crippen LogP contribution >= 0.6 is 15.9 Å². The molecule has 3 aromatic carbocycles. The monoisotopic (exact) mass is 950 g/mol. The van der Waals surface area contributed by atoms with Crippen molar-refractivity contribution in [3.8, 4) is 23.0 Å². The number of aryl methyl sites for hydroxylation is 1. The second-order valence-corrected chi connectivity index (χ2v) is 13.2. The van der Waals surface area contributed by atoms with Crippen molar-refractivity contribution in [2.45, 2.75) is 75.2 Å². The van der Waals surface area contributed by atoms with Crippen LogP contribution in [0.25, 0.3) is 0 Å². The summed E-state index contributed by atoms with van der Waals surface area (Å²) in [4.78, 5) is 49.0. The number of hydrogen-bond donors (Lipinski definition) is 4. The number of phenolic OH excluding ortho intramolecular Hbond substituents is 2. The van der Waals surface area contributed by atoms with Gasteiger partial charge in [0.05, 0.1) is 22.7 Å². The molecule has 1 aliphatic rings. The zero-order valence-electron chi connectivity index (χ0n) is 30.7. The van der Waals surface area contributed by atoms with Crippen LogP contribution in [-0.4, -0.2) is 51.2 Å². The Labute approximate surface area is 325 Å². The number of allylic oxidation sites excluding steroid dienone is 2. The van der Waals surface area contributed by atoms with Gasteiger partial charge in [0.15, 0.2) is 11.7 Å². The van der Waals surface area contributed by atoms with Gasteiger partial charge in [0.1, 0.15) is 34.5 Å². The molecule has 0 amide bonds. The number of carboxylic acids is 1. The van der Waals surface area contributed by atoms with Crippen molar-refractivity contribution in [2.24, 2.45) is 5.92 Å². The van der Waals surface area contributed by atoms with Crippen LogP contribution in [0.1, 0.15) is 84.1 Å². The molecule has 13 heteroatoms. The number of esters is 2. The zero-order valence-corrected chi connectivity index (χ0v) is 35.3.